The first-order chi connectivity index (χ1) is 20.0. The van der Waals surface area contributed by atoms with Crippen LogP contribution in [0.3, 0.4) is 0 Å². The maximum atomic E-state index is 13.8. The third-order valence-corrected chi connectivity index (χ3v) is 7.11. The average molecular weight is 604 g/mol. The first-order valence-corrected chi connectivity index (χ1v) is 13.0. The lowest BCUT2D eigenvalue weighted by Crippen LogP contribution is -2.53. The lowest BCUT2D eigenvalue weighted by Gasteiger charge is -2.27. The summed E-state index contributed by atoms with van der Waals surface area (Å²) in [5.74, 6) is -1.37. The standard InChI is InChI=1S/C26H25ClF3N9O3/c27-16-7-13(1-3-15(16)23(41)37-25(12-40)5-6-32-11-25)8-35-24(42)22-34-10-18(36-22)19-20(17-4-2-14(31)9-33-17)38-39-21(19)26(28,29)30/h1-4,7,9-10,32,40H,5-6,8,11-12,31H2,(H,34,36)(H,35,42)(H,37,41)(H,38,39)/t25-/m0/s1. The van der Waals surface area contributed by atoms with Crippen LogP contribution in [0, 0.1) is 0 Å². The van der Waals surface area contributed by atoms with Crippen molar-refractivity contribution in [2.24, 2.45) is 0 Å². The van der Waals surface area contributed by atoms with Gasteiger partial charge in [0.1, 0.15) is 11.4 Å². The van der Waals surface area contributed by atoms with E-state index in [0.29, 0.717) is 30.8 Å². The van der Waals surface area contributed by atoms with Gasteiger partial charge in [0, 0.05) is 13.1 Å². The molecule has 8 N–H and O–H groups in total. The number of carbonyl (C=O) groups excluding carboxylic acids is 2. The Morgan fingerprint density at radius 2 is 1.95 bits per heavy atom. The zero-order valence-electron chi connectivity index (χ0n) is 21.8. The summed E-state index contributed by atoms with van der Waals surface area (Å²) in [5, 5.41) is 24.2. The van der Waals surface area contributed by atoms with Gasteiger partial charge in [-0.05, 0) is 42.8 Å². The molecule has 1 atom stereocenters. The van der Waals surface area contributed by atoms with Crippen molar-refractivity contribution in [2.45, 2.75) is 24.7 Å². The smallest absolute Gasteiger partial charge is 0.397 e. The zero-order chi connectivity index (χ0) is 30.1. The maximum absolute atomic E-state index is 13.8. The highest BCUT2D eigenvalue weighted by Gasteiger charge is 2.39. The molecule has 0 saturated carbocycles. The Bertz CT molecular complexity index is 1610. The van der Waals surface area contributed by atoms with Crippen molar-refractivity contribution >= 4 is 29.1 Å². The fraction of sp³-hybridized carbons (Fsp3) is 0.269. The van der Waals surface area contributed by atoms with Crippen molar-refractivity contribution < 1.29 is 27.9 Å². The van der Waals surface area contributed by atoms with Gasteiger partial charge in [-0.3, -0.25) is 19.7 Å². The molecule has 1 aliphatic rings. The van der Waals surface area contributed by atoms with E-state index in [9.17, 15) is 27.9 Å². The van der Waals surface area contributed by atoms with Gasteiger partial charge >= 0.3 is 6.18 Å². The number of rotatable bonds is 8. The second kappa shape index (κ2) is 11.4. The van der Waals surface area contributed by atoms with E-state index >= 15 is 0 Å². The van der Waals surface area contributed by atoms with Crippen LogP contribution in [0.1, 0.15) is 38.7 Å². The molecule has 12 nitrogen and oxygen atoms in total. The van der Waals surface area contributed by atoms with Crippen LogP contribution in [0.2, 0.25) is 5.02 Å². The molecular formula is C26H25ClF3N9O3. The van der Waals surface area contributed by atoms with Crippen molar-refractivity contribution in [3.8, 4) is 22.6 Å². The molecule has 1 saturated heterocycles. The predicted octanol–water partition coefficient (Wildman–Crippen LogP) is 2.50. The number of nitrogens with zero attached hydrogens (tertiary/aromatic N) is 3. The largest absolute Gasteiger partial charge is 0.433 e. The normalized spacial score (nSPS) is 16.9. The number of hydrogen-bond donors (Lipinski definition) is 7. The van der Waals surface area contributed by atoms with Crippen LogP contribution in [0.15, 0.2) is 42.7 Å². The molecular weight excluding hydrogens is 579 g/mol. The third-order valence-electron chi connectivity index (χ3n) is 6.80. The Hall–Kier alpha value is -4.47. The number of benzene rings is 1. The minimum Gasteiger partial charge on any atom is -0.397 e. The predicted molar refractivity (Wildman–Crippen MR) is 146 cm³/mol. The SMILES string of the molecule is Nc1ccc(-c2n[nH]c(C(F)(F)F)c2-c2cnc(C(=O)NCc3ccc(C(=O)N[C@@]4(CO)CCNC4)c(Cl)c3)[nH]2)nc1. The summed E-state index contributed by atoms with van der Waals surface area (Å²) in [5.41, 5.74) is 4.38. The van der Waals surface area contributed by atoms with E-state index in [1.807, 2.05) is 5.10 Å². The lowest BCUT2D eigenvalue weighted by molar-refractivity contribution is -0.140. The van der Waals surface area contributed by atoms with Gasteiger partial charge in [0.25, 0.3) is 11.8 Å². The summed E-state index contributed by atoms with van der Waals surface area (Å²) >= 11 is 6.33. The summed E-state index contributed by atoms with van der Waals surface area (Å²) in [6.45, 7) is 0.862. The van der Waals surface area contributed by atoms with E-state index in [0.717, 1.165) is 6.20 Å². The summed E-state index contributed by atoms with van der Waals surface area (Å²) in [6.07, 6.45) is -1.82. The maximum Gasteiger partial charge on any atom is 0.433 e. The first-order valence-electron chi connectivity index (χ1n) is 12.6. The van der Waals surface area contributed by atoms with Gasteiger partial charge in [0.05, 0.1) is 57.8 Å². The van der Waals surface area contributed by atoms with Crippen molar-refractivity contribution in [3.05, 3.63) is 70.4 Å². The number of imidazole rings is 1. The molecule has 0 radical (unpaired) electrons. The minimum absolute atomic E-state index is 0.0128. The highest BCUT2D eigenvalue weighted by Crippen LogP contribution is 2.40. The number of alkyl halides is 3. The monoisotopic (exact) mass is 603 g/mol. The molecule has 1 fully saturated rings. The number of aliphatic hydroxyl groups is 1. The van der Waals surface area contributed by atoms with Gasteiger partial charge < -0.3 is 31.8 Å². The number of aliphatic hydroxyl groups excluding tert-OH is 1. The van der Waals surface area contributed by atoms with Gasteiger partial charge in [-0.25, -0.2) is 4.98 Å². The molecule has 220 valence electrons. The fourth-order valence-corrected chi connectivity index (χ4v) is 4.84. The molecule has 0 spiro atoms. The van der Waals surface area contributed by atoms with Gasteiger partial charge in [-0.1, -0.05) is 17.7 Å². The number of hydrogen-bond acceptors (Lipinski definition) is 8. The molecule has 4 heterocycles. The van der Waals surface area contributed by atoms with Gasteiger partial charge in [0.2, 0.25) is 0 Å². The van der Waals surface area contributed by atoms with Crippen molar-refractivity contribution in [1.29, 1.82) is 0 Å². The summed E-state index contributed by atoms with van der Waals surface area (Å²) in [6, 6.07) is 7.51. The van der Waals surface area contributed by atoms with Crippen LogP contribution < -0.4 is 21.7 Å². The second-order valence-corrected chi connectivity index (χ2v) is 10.2. The summed E-state index contributed by atoms with van der Waals surface area (Å²) in [7, 11) is 0. The molecule has 0 unspecified atom stereocenters. The Balaban J connectivity index is 1.30. The number of carbonyl (C=O) groups is 2. The van der Waals surface area contributed by atoms with E-state index in [-0.39, 0.29) is 52.2 Å². The molecule has 16 heteroatoms. The molecule has 1 aliphatic heterocycles. The number of nitrogen functional groups attached to an aromatic ring is 1. The van der Waals surface area contributed by atoms with Crippen molar-refractivity contribution in [2.75, 3.05) is 25.4 Å². The van der Waals surface area contributed by atoms with Crippen LogP contribution in [0.4, 0.5) is 18.9 Å². The molecule has 1 aromatic carbocycles. The van der Waals surface area contributed by atoms with Crippen molar-refractivity contribution in [3.63, 3.8) is 0 Å². The summed E-state index contributed by atoms with van der Waals surface area (Å²) in [4.78, 5) is 36.2. The topological polar surface area (TPSA) is 187 Å². The Morgan fingerprint density at radius 1 is 1.14 bits per heavy atom. The number of nitrogens with one attached hydrogen (secondary N) is 5. The zero-order valence-corrected chi connectivity index (χ0v) is 22.5. The molecule has 0 aliphatic carbocycles. The van der Waals surface area contributed by atoms with Crippen LogP contribution >= 0.6 is 11.6 Å². The second-order valence-electron chi connectivity index (χ2n) is 9.76. The molecule has 42 heavy (non-hydrogen) atoms. The molecule has 2 amide bonds. The highest BCUT2D eigenvalue weighted by molar-refractivity contribution is 6.33. The van der Waals surface area contributed by atoms with Crippen LogP contribution in [-0.4, -0.2) is 67.3 Å². The number of nitrogens with two attached hydrogens (primary N) is 1. The Kier molecular flexibility index (Phi) is 7.90. The highest BCUT2D eigenvalue weighted by atomic mass is 35.5. The van der Waals surface area contributed by atoms with Crippen LogP contribution in [0.5, 0.6) is 0 Å². The number of H-pyrrole nitrogens is 2. The lowest BCUT2D eigenvalue weighted by atomic mass is 9.99. The number of halogens is 4. The average Bonchev–Trinajstić information content (AvgIpc) is 3.72. The first kappa shape index (κ1) is 29.0. The number of anilines is 1. The van der Waals surface area contributed by atoms with E-state index < -0.39 is 29.2 Å². The minimum atomic E-state index is -4.78. The van der Waals surface area contributed by atoms with Gasteiger partial charge in [-0.15, -0.1) is 0 Å². The molecule has 0 bridgehead atoms. The number of aromatic nitrogens is 5. The van der Waals surface area contributed by atoms with Gasteiger partial charge in [-0.2, -0.15) is 18.3 Å². The molecule has 4 aromatic rings. The summed E-state index contributed by atoms with van der Waals surface area (Å²) < 4.78 is 41.3. The van der Waals surface area contributed by atoms with Crippen LogP contribution in [0.25, 0.3) is 22.6 Å². The fourth-order valence-electron chi connectivity index (χ4n) is 4.56. The number of amides is 2. The Morgan fingerprint density at radius 3 is 2.60 bits per heavy atom. The van der Waals surface area contributed by atoms with Crippen LogP contribution in [-0.2, 0) is 12.7 Å². The van der Waals surface area contributed by atoms with Crippen molar-refractivity contribution in [1.82, 2.24) is 41.1 Å². The van der Waals surface area contributed by atoms with E-state index in [1.165, 1.54) is 30.5 Å². The molecule has 5 rings (SSSR count). The van der Waals surface area contributed by atoms with E-state index in [2.05, 4.69) is 36.0 Å². The van der Waals surface area contributed by atoms with E-state index in [4.69, 9.17) is 17.3 Å². The quantitative estimate of drug-likeness (QED) is 0.160. The molecule has 3 aromatic heterocycles. The number of pyridine rings is 1. The van der Waals surface area contributed by atoms with Gasteiger partial charge in [0.15, 0.2) is 5.82 Å². The third kappa shape index (κ3) is 5.93. The number of aromatic amines is 2. The Labute approximate surface area is 241 Å². The van der Waals surface area contributed by atoms with E-state index in [1.54, 1.807) is 6.07 Å².